The fourth-order valence-corrected chi connectivity index (χ4v) is 5.64. The molecule has 2 atom stereocenters. The number of phenols is 1. The molecule has 3 aromatic rings. The van der Waals surface area contributed by atoms with Gasteiger partial charge in [0, 0.05) is 55.3 Å². The average molecular weight is 585 g/mol. The normalized spacial score (nSPS) is 19.4. The zero-order chi connectivity index (χ0) is 29.6. The van der Waals surface area contributed by atoms with Gasteiger partial charge in [0.1, 0.15) is 29.5 Å². The van der Waals surface area contributed by atoms with Gasteiger partial charge < -0.3 is 29.8 Å². The van der Waals surface area contributed by atoms with Crippen LogP contribution in [0.2, 0.25) is 5.02 Å². The van der Waals surface area contributed by atoms with Crippen molar-refractivity contribution in [2.45, 2.75) is 32.0 Å². The molecule has 9 nitrogen and oxygen atoms in total. The van der Waals surface area contributed by atoms with Crippen LogP contribution in [0, 0.1) is 23.5 Å². The molecule has 0 saturated carbocycles. The molecule has 2 aliphatic heterocycles. The van der Waals surface area contributed by atoms with Crippen LogP contribution in [0.25, 0.3) is 22.0 Å². The largest absolute Gasteiger partial charge is 0.507 e. The number of carbonyl (C=O) groups excluding carboxylic acids is 1. The van der Waals surface area contributed by atoms with Gasteiger partial charge in [0.2, 0.25) is 5.95 Å². The van der Waals surface area contributed by atoms with Crippen molar-refractivity contribution >= 4 is 40.2 Å². The van der Waals surface area contributed by atoms with E-state index in [0.29, 0.717) is 43.3 Å². The second-order valence-electron chi connectivity index (χ2n) is 10.7. The van der Waals surface area contributed by atoms with Gasteiger partial charge in [0.15, 0.2) is 5.82 Å². The molecule has 2 aromatic carbocycles. The van der Waals surface area contributed by atoms with E-state index in [1.165, 1.54) is 18.2 Å². The van der Waals surface area contributed by atoms with E-state index in [9.17, 15) is 14.3 Å². The lowest BCUT2D eigenvalue weighted by atomic mass is 10.00. The zero-order valence-electron chi connectivity index (χ0n) is 23.2. The van der Waals surface area contributed by atoms with Crippen molar-refractivity contribution in [1.82, 2.24) is 19.8 Å². The maximum atomic E-state index is 16.4. The summed E-state index contributed by atoms with van der Waals surface area (Å²) in [5.41, 5.74) is -0.666. The SMILES string of the molecule is C[C@@H]1CN(c2nc(N3CC(N(C)C)C3)nc3c(F)c(-c4c(O)cccc4F)c(Cl)cc23)[C@@H](C)CN1C(=O)C#CCO. The van der Waals surface area contributed by atoms with Crippen LogP contribution < -0.4 is 9.80 Å². The molecule has 0 unspecified atom stereocenters. The highest BCUT2D eigenvalue weighted by Crippen LogP contribution is 2.43. The molecule has 216 valence electrons. The smallest absolute Gasteiger partial charge is 0.298 e. The number of aromatic hydroxyl groups is 1. The summed E-state index contributed by atoms with van der Waals surface area (Å²) in [5.74, 6) is 3.11. The number of amides is 1. The Hall–Kier alpha value is -3.72. The topological polar surface area (TPSA) is 96.3 Å². The van der Waals surface area contributed by atoms with E-state index >= 15 is 4.39 Å². The molecule has 0 aliphatic carbocycles. The number of aliphatic hydroxyl groups is 1. The van der Waals surface area contributed by atoms with Gasteiger partial charge in [-0.25, -0.2) is 13.8 Å². The predicted octanol–water partition coefficient (Wildman–Crippen LogP) is 3.11. The number of nitrogens with zero attached hydrogens (tertiary/aromatic N) is 6. The predicted molar refractivity (Wildman–Crippen MR) is 154 cm³/mol. The van der Waals surface area contributed by atoms with Crippen molar-refractivity contribution in [3.8, 4) is 28.7 Å². The van der Waals surface area contributed by atoms with Crippen LogP contribution in [0.1, 0.15) is 13.8 Å². The van der Waals surface area contributed by atoms with Crippen molar-refractivity contribution in [3.63, 3.8) is 0 Å². The number of anilines is 2. The minimum atomic E-state index is -0.865. The lowest BCUT2D eigenvalue weighted by Gasteiger charge is -2.45. The first-order valence-electron chi connectivity index (χ1n) is 13.3. The summed E-state index contributed by atoms with van der Waals surface area (Å²) in [4.78, 5) is 29.7. The monoisotopic (exact) mass is 584 g/mol. The number of aromatic nitrogens is 2. The van der Waals surface area contributed by atoms with E-state index in [0.717, 1.165) is 6.07 Å². The fraction of sp³-hybridized carbons (Fsp3) is 0.414. The molecular formula is C29H31ClF2N6O3. The van der Waals surface area contributed by atoms with Gasteiger partial charge in [-0.1, -0.05) is 23.6 Å². The van der Waals surface area contributed by atoms with Crippen LogP contribution >= 0.6 is 11.6 Å². The van der Waals surface area contributed by atoms with Crippen LogP contribution in [0.5, 0.6) is 5.75 Å². The van der Waals surface area contributed by atoms with Gasteiger partial charge in [-0.05, 0) is 52.1 Å². The van der Waals surface area contributed by atoms with Gasteiger partial charge in [-0.2, -0.15) is 4.98 Å². The average Bonchev–Trinajstić information content (AvgIpc) is 2.89. The Kier molecular flexibility index (Phi) is 7.92. The molecule has 0 spiro atoms. The Morgan fingerprint density at radius 2 is 1.85 bits per heavy atom. The summed E-state index contributed by atoms with van der Waals surface area (Å²) in [5, 5.41) is 19.6. The number of hydrogen-bond donors (Lipinski definition) is 2. The molecule has 3 heterocycles. The van der Waals surface area contributed by atoms with Crippen LogP contribution in [-0.4, -0.2) is 101 Å². The quantitative estimate of drug-likeness (QED) is 0.452. The second kappa shape index (κ2) is 11.3. The first kappa shape index (κ1) is 28.8. The molecule has 5 rings (SSSR count). The maximum Gasteiger partial charge on any atom is 0.298 e. The second-order valence-corrected chi connectivity index (χ2v) is 11.1. The minimum absolute atomic E-state index is 0.0486. The molecule has 1 amide bonds. The van der Waals surface area contributed by atoms with Crippen molar-refractivity contribution < 1.29 is 23.8 Å². The molecule has 12 heteroatoms. The van der Waals surface area contributed by atoms with Crippen molar-refractivity contribution in [3.05, 3.63) is 40.9 Å². The number of likely N-dealkylation sites (N-methyl/N-ethyl adjacent to an activating group) is 1. The molecule has 2 N–H and O–H groups in total. The minimum Gasteiger partial charge on any atom is -0.507 e. The van der Waals surface area contributed by atoms with E-state index in [2.05, 4.69) is 21.7 Å². The molecule has 0 radical (unpaired) electrons. The lowest BCUT2D eigenvalue weighted by molar-refractivity contribution is -0.127. The highest BCUT2D eigenvalue weighted by molar-refractivity contribution is 6.34. The van der Waals surface area contributed by atoms with Gasteiger partial charge in [-0.15, -0.1) is 0 Å². The Morgan fingerprint density at radius 1 is 1.12 bits per heavy atom. The standard InChI is InChI=1S/C29H31ClF2N6O3/c1-16-13-38(17(2)12-37(16)23(41)9-6-10-39)28-19-11-20(30)24(25-21(31)7-5-8-22(25)40)26(32)27(19)33-29(34-28)36-14-18(15-36)35(3)4/h5,7-8,11,16-18,39-40H,10,12-15H2,1-4H3/t16-,17+/m1/s1. The van der Waals surface area contributed by atoms with Gasteiger partial charge in [-0.3, -0.25) is 4.79 Å². The Balaban J connectivity index is 1.65. The third kappa shape index (κ3) is 5.23. The van der Waals surface area contributed by atoms with E-state index in [4.69, 9.17) is 21.7 Å². The molecule has 41 heavy (non-hydrogen) atoms. The number of fused-ring (bicyclic) bond motifs is 1. The Labute approximate surface area is 241 Å². The summed E-state index contributed by atoms with van der Waals surface area (Å²) >= 11 is 6.57. The van der Waals surface area contributed by atoms with E-state index < -0.39 is 24.0 Å². The summed E-state index contributed by atoms with van der Waals surface area (Å²) in [6.07, 6.45) is 0. The van der Waals surface area contributed by atoms with Crippen LogP contribution in [-0.2, 0) is 4.79 Å². The van der Waals surface area contributed by atoms with Crippen molar-refractivity contribution in [1.29, 1.82) is 0 Å². The summed E-state index contributed by atoms with van der Waals surface area (Å²) in [6.45, 7) is 5.38. The molecule has 2 fully saturated rings. The number of rotatable bonds is 4. The Bertz CT molecular complexity index is 1550. The van der Waals surface area contributed by atoms with Gasteiger partial charge in [0.05, 0.1) is 10.6 Å². The summed E-state index contributed by atoms with van der Waals surface area (Å²) in [6, 6.07) is 5.01. The number of benzene rings is 2. The van der Waals surface area contributed by atoms with E-state index in [1.54, 1.807) is 4.90 Å². The molecule has 2 saturated heterocycles. The highest BCUT2D eigenvalue weighted by atomic mass is 35.5. The maximum absolute atomic E-state index is 16.4. The third-order valence-corrected chi connectivity index (χ3v) is 8.06. The number of aliphatic hydroxyl groups excluding tert-OH is 1. The number of carbonyl (C=O) groups is 1. The van der Waals surface area contributed by atoms with Crippen LogP contribution in [0.4, 0.5) is 20.5 Å². The van der Waals surface area contributed by atoms with Gasteiger partial charge >= 0.3 is 0 Å². The number of halogens is 3. The first-order chi connectivity index (χ1) is 19.5. The molecule has 2 aliphatic rings. The zero-order valence-corrected chi connectivity index (χ0v) is 24.0. The highest BCUT2D eigenvalue weighted by Gasteiger charge is 2.36. The van der Waals surface area contributed by atoms with E-state index in [-0.39, 0.29) is 45.7 Å². The summed E-state index contributed by atoms with van der Waals surface area (Å²) in [7, 11) is 3.97. The molecule has 1 aromatic heterocycles. The number of hydrogen-bond acceptors (Lipinski definition) is 8. The van der Waals surface area contributed by atoms with Gasteiger partial charge in [0.25, 0.3) is 5.91 Å². The Morgan fingerprint density at radius 3 is 2.51 bits per heavy atom. The number of piperazine rings is 1. The van der Waals surface area contributed by atoms with Crippen molar-refractivity contribution in [2.75, 3.05) is 56.7 Å². The summed E-state index contributed by atoms with van der Waals surface area (Å²) < 4.78 is 31.2. The molecular weight excluding hydrogens is 554 g/mol. The van der Waals surface area contributed by atoms with Crippen LogP contribution in [0.3, 0.4) is 0 Å². The van der Waals surface area contributed by atoms with Crippen LogP contribution in [0.15, 0.2) is 24.3 Å². The van der Waals surface area contributed by atoms with E-state index in [1.807, 2.05) is 37.7 Å². The number of phenolic OH excluding ortho intramolecular Hbond substituents is 1. The molecule has 0 bridgehead atoms. The fourth-order valence-electron chi connectivity index (χ4n) is 5.35. The lowest BCUT2D eigenvalue weighted by Crippen LogP contribution is -2.59. The first-order valence-corrected chi connectivity index (χ1v) is 13.7. The van der Waals surface area contributed by atoms with Crippen molar-refractivity contribution in [2.24, 2.45) is 0 Å². The third-order valence-electron chi connectivity index (χ3n) is 7.76.